The maximum absolute atomic E-state index is 12.4. The second-order valence-electron chi connectivity index (χ2n) is 15.0. The Bertz CT molecular complexity index is 858. The maximum atomic E-state index is 12.4. The van der Waals surface area contributed by atoms with E-state index in [0.29, 0.717) is 6.42 Å². The zero-order chi connectivity index (χ0) is 38.2. The second kappa shape index (κ2) is 39.5. The summed E-state index contributed by atoms with van der Waals surface area (Å²) < 4.78 is 26.4. The molecule has 0 rings (SSSR count). The molecule has 9 heteroatoms. The number of hydrogen-bond donors (Lipinski definition) is 2. The number of ether oxygens (including phenoxy) is 2. The normalized spacial score (nSPS) is 12.5. The number of esters is 2. The van der Waals surface area contributed by atoms with Crippen molar-refractivity contribution in [3.63, 3.8) is 0 Å². The van der Waals surface area contributed by atoms with Crippen LogP contribution in [0.1, 0.15) is 232 Å². The summed E-state index contributed by atoms with van der Waals surface area (Å²) in [5.74, 6) is -0.876. The minimum absolute atomic E-state index is 0.217. The number of carbonyl (C=O) groups excluding carboxylic acids is 2. The van der Waals surface area contributed by atoms with Gasteiger partial charge in [0.1, 0.15) is 6.61 Å². The van der Waals surface area contributed by atoms with Crippen molar-refractivity contribution < 1.29 is 37.9 Å². The van der Waals surface area contributed by atoms with E-state index in [-0.39, 0.29) is 19.4 Å². The van der Waals surface area contributed by atoms with Gasteiger partial charge in [0.15, 0.2) is 6.10 Å². The Morgan fingerprint density at radius 3 is 1.17 bits per heavy atom. The van der Waals surface area contributed by atoms with Gasteiger partial charge in [0, 0.05) is 12.8 Å². The smallest absolute Gasteiger partial charge is 0.462 e. The Labute approximate surface area is 320 Å². The highest BCUT2D eigenvalue weighted by Gasteiger charge is 2.22. The molecule has 0 aromatic rings. The summed E-state index contributed by atoms with van der Waals surface area (Å²) >= 11 is 0. The molecule has 52 heavy (non-hydrogen) atoms. The molecule has 0 aliphatic carbocycles. The lowest BCUT2D eigenvalue weighted by Gasteiger charge is -2.18. The molecule has 0 spiro atoms. The molecule has 0 amide bonds. The highest BCUT2D eigenvalue weighted by molar-refractivity contribution is 7.46. The summed E-state index contributed by atoms with van der Waals surface area (Å²) in [4.78, 5) is 42.9. The van der Waals surface area contributed by atoms with Crippen molar-refractivity contribution in [1.29, 1.82) is 0 Å². The standard InChI is InChI=1S/C43H83O8P/c1-3-5-7-9-11-13-15-17-19-21-23-25-27-29-31-33-35-37-42(44)49-39-41(40-50-52(46,47)48)51-43(45)38-36-34-32-30-28-26-24-22-20-18-16-14-12-10-8-6-4-2/h17,19,41H,3-16,18,20-40H2,1-2H3,(H2,46,47,48)/b19-17+/t41-/m1/s1. The molecule has 0 saturated heterocycles. The summed E-state index contributed by atoms with van der Waals surface area (Å²) in [7, 11) is -4.75. The molecule has 0 saturated carbocycles. The summed E-state index contributed by atoms with van der Waals surface area (Å²) in [6.45, 7) is 3.71. The number of unbranched alkanes of at least 4 members (excludes halogenated alkanes) is 29. The van der Waals surface area contributed by atoms with Crippen LogP contribution < -0.4 is 0 Å². The molecule has 0 aromatic carbocycles. The predicted octanol–water partition coefficient (Wildman–Crippen LogP) is 13.4. The number of hydrogen-bond acceptors (Lipinski definition) is 6. The number of phosphoric acid groups is 1. The molecule has 0 bridgehead atoms. The fourth-order valence-corrected chi connectivity index (χ4v) is 6.85. The van der Waals surface area contributed by atoms with E-state index in [1.807, 2.05) is 0 Å². The monoisotopic (exact) mass is 759 g/mol. The SMILES string of the molecule is CCCCCCCC/C=C/CCCCCCCCCC(=O)OC[C@H](COP(=O)(O)O)OC(=O)CCCCCCCCCCCCCCCCCCC. The molecule has 1 atom stereocenters. The third-order valence-electron chi connectivity index (χ3n) is 9.78. The molecule has 0 unspecified atom stereocenters. The second-order valence-corrected chi connectivity index (χ2v) is 16.3. The molecule has 0 radical (unpaired) electrons. The van der Waals surface area contributed by atoms with Gasteiger partial charge in [-0.25, -0.2) is 4.57 Å². The van der Waals surface area contributed by atoms with Crippen molar-refractivity contribution in [2.45, 2.75) is 238 Å². The van der Waals surface area contributed by atoms with Crippen molar-refractivity contribution >= 4 is 19.8 Å². The van der Waals surface area contributed by atoms with Crippen LogP contribution in [0.5, 0.6) is 0 Å². The number of allylic oxidation sites excluding steroid dienone is 2. The van der Waals surface area contributed by atoms with E-state index in [4.69, 9.17) is 19.3 Å². The first-order chi connectivity index (χ1) is 25.3. The van der Waals surface area contributed by atoms with Gasteiger partial charge in [0.25, 0.3) is 0 Å². The third-order valence-corrected chi connectivity index (χ3v) is 10.3. The molecule has 308 valence electrons. The van der Waals surface area contributed by atoms with Crippen LogP contribution in [0.25, 0.3) is 0 Å². The van der Waals surface area contributed by atoms with Crippen LogP contribution in [0, 0.1) is 0 Å². The molecular weight excluding hydrogens is 675 g/mol. The first-order valence-corrected chi connectivity index (χ1v) is 23.5. The first-order valence-electron chi connectivity index (χ1n) is 22.0. The molecule has 0 aliphatic rings. The average Bonchev–Trinajstić information content (AvgIpc) is 3.11. The van der Waals surface area contributed by atoms with Gasteiger partial charge in [-0.2, -0.15) is 0 Å². The average molecular weight is 759 g/mol. The molecule has 0 aromatic heterocycles. The van der Waals surface area contributed by atoms with E-state index < -0.39 is 32.5 Å². The van der Waals surface area contributed by atoms with Crippen molar-refractivity contribution in [1.82, 2.24) is 0 Å². The summed E-state index contributed by atoms with van der Waals surface area (Å²) in [5.41, 5.74) is 0. The Hall–Kier alpha value is -1.21. The first kappa shape index (κ1) is 50.8. The number of rotatable bonds is 41. The summed E-state index contributed by atoms with van der Waals surface area (Å²) in [6, 6.07) is 0. The van der Waals surface area contributed by atoms with E-state index in [2.05, 4.69) is 30.5 Å². The summed E-state index contributed by atoms with van der Waals surface area (Å²) in [6.07, 6.45) is 43.6. The Kier molecular flexibility index (Phi) is 38.6. The quantitative estimate of drug-likeness (QED) is 0.0274. The van der Waals surface area contributed by atoms with E-state index in [0.717, 1.165) is 44.9 Å². The Morgan fingerprint density at radius 2 is 0.808 bits per heavy atom. The lowest BCUT2D eigenvalue weighted by molar-refractivity contribution is -0.161. The minimum atomic E-state index is -4.75. The van der Waals surface area contributed by atoms with Crippen molar-refractivity contribution in [3.05, 3.63) is 12.2 Å². The predicted molar refractivity (Wildman–Crippen MR) is 216 cm³/mol. The van der Waals surface area contributed by atoms with E-state index >= 15 is 0 Å². The zero-order valence-corrected chi connectivity index (χ0v) is 34.9. The van der Waals surface area contributed by atoms with Gasteiger partial charge in [-0.1, -0.05) is 193 Å². The molecule has 0 heterocycles. The van der Waals surface area contributed by atoms with Gasteiger partial charge >= 0.3 is 19.8 Å². The molecule has 2 N–H and O–H groups in total. The van der Waals surface area contributed by atoms with Crippen LogP contribution in [0.2, 0.25) is 0 Å². The van der Waals surface area contributed by atoms with Crippen molar-refractivity contribution in [2.24, 2.45) is 0 Å². The van der Waals surface area contributed by atoms with Crippen LogP contribution in [0.15, 0.2) is 12.2 Å². The Balaban J connectivity index is 3.86. The molecular formula is C43H83O8P. The van der Waals surface area contributed by atoms with Crippen LogP contribution in [-0.2, 0) is 28.2 Å². The van der Waals surface area contributed by atoms with E-state index in [9.17, 15) is 14.2 Å². The number of carbonyl (C=O) groups is 2. The van der Waals surface area contributed by atoms with Gasteiger partial charge in [0.05, 0.1) is 6.61 Å². The molecule has 0 aliphatic heterocycles. The van der Waals surface area contributed by atoms with Crippen LogP contribution >= 0.6 is 7.82 Å². The van der Waals surface area contributed by atoms with E-state index in [1.54, 1.807) is 0 Å². The van der Waals surface area contributed by atoms with Gasteiger partial charge in [-0.3, -0.25) is 14.1 Å². The molecule has 0 fully saturated rings. The van der Waals surface area contributed by atoms with Crippen molar-refractivity contribution in [2.75, 3.05) is 13.2 Å². The summed E-state index contributed by atoms with van der Waals surface area (Å²) in [5, 5.41) is 0. The lowest BCUT2D eigenvalue weighted by Crippen LogP contribution is -2.29. The highest BCUT2D eigenvalue weighted by atomic mass is 31.2. The highest BCUT2D eigenvalue weighted by Crippen LogP contribution is 2.36. The fraction of sp³-hybridized carbons (Fsp3) is 0.907. The largest absolute Gasteiger partial charge is 0.469 e. The van der Waals surface area contributed by atoms with E-state index in [1.165, 1.54) is 154 Å². The maximum Gasteiger partial charge on any atom is 0.469 e. The molecule has 8 nitrogen and oxygen atoms in total. The number of phosphoric ester groups is 1. The third kappa shape index (κ3) is 41.5. The van der Waals surface area contributed by atoms with Gasteiger partial charge < -0.3 is 19.3 Å². The van der Waals surface area contributed by atoms with Crippen LogP contribution in [0.3, 0.4) is 0 Å². The lowest BCUT2D eigenvalue weighted by atomic mass is 10.0. The van der Waals surface area contributed by atoms with Gasteiger partial charge in [-0.05, 0) is 38.5 Å². The fourth-order valence-electron chi connectivity index (χ4n) is 6.49. The van der Waals surface area contributed by atoms with Crippen molar-refractivity contribution in [3.8, 4) is 0 Å². The minimum Gasteiger partial charge on any atom is -0.462 e. The topological polar surface area (TPSA) is 119 Å². The van der Waals surface area contributed by atoms with Crippen LogP contribution in [0.4, 0.5) is 0 Å². The Morgan fingerprint density at radius 1 is 0.481 bits per heavy atom. The van der Waals surface area contributed by atoms with Gasteiger partial charge in [-0.15, -0.1) is 0 Å². The van der Waals surface area contributed by atoms with Gasteiger partial charge in [0.2, 0.25) is 0 Å². The van der Waals surface area contributed by atoms with Crippen LogP contribution in [-0.4, -0.2) is 41.0 Å². The zero-order valence-electron chi connectivity index (χ0n) is 34.0.